The molecule has 1 heterocycles. The minimum Gasteiger partial charge on any atom is -0.384 e. The van der Waals surface area contributed by atoms with Gasteiger partial charge in [0.15, 0.2) is 0 Å². The van der Waals surface area contributed by atoms with E-state index in [4.69, 9.17) is 5.73 Å². The van der Waals surface area contributed by atoms with Crippen LogP contribution in [-0.2, 0) is 0 Å². The molecule has 1 aromatic heterocycles. The van der Waals surface area contributed by atoms with Crippen LogP contribution >= 0.6 is 0 Å². The van der Waals surface area contributed by atoms with Crippen LogP contribution in [0.5, 0.6) is 0 Å². The molecule has 2 nitrogen and oxygen atoms in total. The highest BCUT2D eigenvalue weighted by molar-refractivity contribution is 5.74. The molecule has 0 bridgehead atoms. The Balaban J connectivity index is 2.06. The highest BCUT2D eigenvalue weighted by atomic mass is 14.8. The molecule has 2 N–H and O–H groups in total. The molecule has 1 aliphatic rings. The molecule has 1 aromatic rings. The van der Waals surface area contributed by atoms with Crippen molar-refractivity contribution in [2.24, 2.45) is 0 Å². The first-order valence-electron chi connectivity index (χ1n) is 9.86. The molecule has 0 aliphatic heterocycles. The number of rotatable bonds is 8. The zero-order valence-electron chi connectivity index (χ0n) is 17.6. The Morgan fingerprint density at radius 2 is 2.00 bits per heavy atom. The number of allylic oxidation sites excluding steroid dienone is 13. The Labute approximate surface area is 170 Å². The maximum absolute atomic E-state index is 5.77. The first-order valence-corrected chi connectivity index (χ1v) is 9.86. The Kier molecular flexibility index (Phi) is 8.01. The molecule has 0 amide bonds. The fourth-order valence-electron chi connectivity index (χ4n) is 3.35. The molecule has 146 valence electrons. The van der Waals surface area contributed by atoms with Gasteiger partial charge in [0.2, 0.25) is 0 Å². The molecule has 2 rings (SSSR count). The second-order valence-corrected chi connectivity index (χ2v) is 7.20. The van der Waals surface area contributed by atoms with Gasteiger partial charge in [0.25, 0.3) is 0 Å². The average molecular weight is 373 g/mol. The third kappa shape index (κ3) is 6.09. The van der Waals surface area contributed by atoms with Crippen LogP contribution in [-0.4, -0.2) is 4.98 Å². The number of nitrogen functional groups attached to an aromatic ring is 1. The standard InChI is InChI=1S/C26H32N2/c1-6-9-21(7-2)17-22(8-3)11-10-19(4)16-23-12-13-24(18-23)25-14-15-26(27)28-20(25)5/h6-12,14-15,18H,3,13,16-17H2,1-2,4-5H3,(H2,27,28)/b9-6-,19-10+,21-7+,22-11+. The topological polar surface area (TPSA) is 38.9 Å². The van der Waals surface area contributed by atoms with Gasteiger partial charge in [-0.05, 0) is 86.9 Å². The number of nitrogens with two attached hydrogens (primary N) is 1. The van der Waals surface area contributed by atoms with Crippen LogP contribution in [0.15, 0.2) is 89.6 Å². The number of hydrogen-bond acceptors (Lipinski definition) is 2. The van der Waals surface area contributed by atoms with Crippen molar-refractivity contribution in [2.75, 3.05) is 5.73 Å². The molecule has 2 heteroatoms. The largest absolute Gasteiger partial charge is 0.384 e. The SMILES string of the molecule is C=C/C(=C\C=C(/C)CC1=CCC(c2ccc(N)nc2C)=C1)CC(/C=C\C)=C/C. The lowest BCUT2D eigenvalue weighted by atomic mass is 10.0. The van der Waals surface area contributed by atoms with E-state index in [1.165, 1.54) is 33.4 Å². The van der Waals surface area contributed by atoms with Crippen LogP contribution in [0.25, 0.3) is 5.57 Å². The predicted octanol–water partition coefficient (Wildman–Crippen LogP) is 7.05. The third-order valence-electron chi connectivity index (χ3n) is 4.88. The summed E-state index contributed by atoms with van der Waals surface area (Å²) >= 11 is 0. The third-order valence-corrected chi connectivity index (χ3v) is 4.88. The number of aromatic nitrogens is 1. The normalized spacial score (nSPS) is 15.8. The van der Waals surface area contributed by atoms with Crippen molar-refractivity contribution in [2.45, 2.75) is 47.0 Å². The molecule has 0 atom stereocenters. The van der Waals surface area contributed by atoms with Crippen molar-refractivity contribution in [3.63, 3.8) is 0 Å². The van der Waals surface area contributed by atoms with E-state index in [9.17, 15) is 0 Å². The molecule has 0 unspecified atom stereocenters. The molecule has 0 spiro atoms. The van der Waals surface area contributed by atoms with Gasteiger partial charge in [-0.3, -0.25) is 0 Å². The van der Waals surface area contributed by atoms with E-state index in [-0.39, 0.29) is 0 Å². The number of nitrogens with zero attached hydrogens (tertiary/aromatic N) is 1. The minimum absolute atomic E-state index is 0.576. The zero-order chi connectivity index (χ0) is 20.5. The molecule has 0 fully saturated rings. The van der Waals surface area contributed by atoms with Gasteiger partial charge >= 0.3 is 0 Å². The van der Waals surface area contributed by atoms with Crippen LogP contribution in [0.1, 0.15) is 51.3 Å². The van der Waals surface area contributed by atoms with Gasteiger partial charge in [-0.15, -0.1) is 0 Å². The van der Waals surface area contributed by atoms with Crippen LogP contribution in [0.2, 0.25) is 0 Å². The van der Waals surface area contributed by atoms with Gasteiger partial charge in [-0.25, -0.2) is 4.98 Å². The van der Waals surface area contributed by atoms with E-state index >= 15 is 0 Å². The summed E-state index contributed by atoms with van der Waals surface area (Å²) in [5, 5.41) is 0. The Morgan fingerprint density at radius 1 is 1.21 bits per heavy atom. The number of anilines is 1. The number of hydrogen-bond donors (Lipinski definition) is 1. The molecule has 1 aliphatic carbocycles. The van der Waals surface area contributed by atoms with E-state index < -0.39 is 0 Å². The van der Waals surface area contributed by atoms with Crippen molar-refractivity contribution in [1.82, 2.24) is 4.98 Å². The van der Waals surface area contributed by atoms with Gasteiger partial charge in [0.05, 0.1) is 0 Å². The summed E-state index contributed by atoms with van der Waals surface area (Å²) in [5.41, 5.74) is 14.5. The van der Waals surface area contributed by atoms with Gasteiger partial charge in [-0.1, -0.05) is 60.8 Å². The maximum Gasteiger partial charge on any atom is 0.123 e. The minimum atomic E-state index is 0.576. The monoisotopic (exact) mass is 372 g/mol. The van der Waals surface area contributed by atoms with Crippen molar-refractivity contribution in [1.29, 1.82) is 0 Å². The summed E-state index contributed by atoms with van der Waals surface area (Å²) in [4.78, 5) is 4.38. The lowest BCUT2D eigenvalue weighted by molar-refractivity contribution is 1.14. The highest BCUT2D eigenvalue weighted by Gasteiger charge is 2.12. The second-order valence-electron chi connectivity index (χ2n) is 7.20. The summed E-state index contributed by atoms with van der Waals surface area (Å²) in [7, 11) is 0. The summed E-state index contributed by atoms with van der Waals surface area (Å²) in [6.45, 7) is 12.3. The van der Waals surface area contributed by atoms with Crippen LogP contribution in [0.4, 0.5) is 5.82 Å². The van der Waals surface area contributed by atoms with Crippen molar-refractivity contribution in [3.8, 4) is 0 Å². The van der Waals surface area contributed by atoms with Crippen molar-refractivity contribution in [3.05, 3.63) is 101 Å². The Morgan fingerprint density at radius 3 is 2.64 bits per heavy atom. The smallest absolute Gasteiger partial charge is 0.123 e. The second kappa shape index (κ2) is 10.5. The molecule has 0 aromatic carbocycles. The van der Waals surface area contributed by atoms with Gasteiger partial charge in [-0.2, -0.15) is 0 Å². The lowest BCUT2D eigenvalue weighted by Crippen LogP contribution is -1.96. The molecule has 0 saturated carbocycles. The molecule has 0 saturated heterocycles. The van der Waals surface area contributed by atoms with Crippen LogP contribution in [0, 0.1) is 6.92 Å². The predicted molar refractivity (Wildman–Crippen MR) is 124 cm³/mol. The van der Waals surface area contributed by atoms with E-state index in [2.05, 4.69) is 74.0 Å². The van der Waals surface area contributed by atoms with E-state index in [0.717, 1.165) is 25.0 Å². The number of aryl methyl sites for hydroxylation is 1. The highest BCUT2D eigenvalue weighted by Crippen LogP contribution is 2.31. The maximum atomic E-state index is 5.77. The van der Waals surface area contributed by atoms with E-state index in [1.54, 1.807) is 0 Å². The molecule has 28 heavy (non-hydrogen) atoms. The average Bonchev–Trinajstić information content (AvgIpc) is 3.12. The van der Waals surface area contributed by atoms with E-state index in [0.29, 0.717) is 5.82 Å². The first kappa shape index (κ1) is 21.4. The van der Waals surface area contributed by atoms with Crippen LogP contribution in [0.3, 0.4) is 0 Å². The zero-order valence-corrected chi connectivity index (χ0v) is 17.6. The van der Waals surface area contributed by atoms with Gasteiger partial charge < -0.3 is 5.73 Å². The molecular formula is C26H32N2. The van der Waals surface area contributed by atoms with E-state index in [1.807, 2.05) is 26.0 Å². The summed E-state index contributed by atoms with van der Waals surface area (Å²) < 4.78 is 0. The van der Waals surface area contributed by atoms with Crippen molar-refractivity contribution < 1.29 is 0 Å². The fraction of sp³-hybridized carbons (Fsp3) is 0.269. The molecular weight excluding hydrogens is 340 g/mol. The molecule has 0 radical (unpaired) electrons. The first-order chi connectivity index (χ1) is 13.5. The van der Waals surface area contributed by atoms with Crippen LogP contribution < -0.4 is 5.73 Å². The summed E-state index contributed by atoms with van der Waals surface area (Å²) in [6, 6.07) is 3.95. The van der Waals surface area contributed by atoms with Crippen molar-refractivity contribution >= 4 is 11.4 Å². The van der Waals surface area contributed by atoms with Gasteiger partial charge in [0.1, 0.15) is 5.82 Å². The summed E-state index contributed by atoms with van der Waals surface area (Å²) in [6.07, 6.45) is 20.1. The Hall–Kier alpha value is -2.87. The van der Waals surface area contributed by atoms with Gasteiger partial charge in [0, 0.05) is 5.69 Å². The fourth-order valence-corrected chi connectivity index (χ4v) is 3.35. The number of pyridine rings is 1. The quantitative estimate of drug-likeness (QED) is 0.497. The lowest BCUT2D eigenvalue weighted by Gasteiger charge is -2.06. The Bertz CT molecular complexity index is 902. The summed E-state index contributed by atoms with van der Waals surface area (Å²) in [5.74, 6) is 0.576.